The van der Waals surface area contributed by atoms with Gasteiger partial charge in [0, 0.05) is 41.6 Å². The first-order valence-corrected chi connectivity index (χ1v) is 16.2. The van der Waals surface area contributed by atoms with E-state index in [4.69, 9.17) is 4.98 Å². The number of anilines is 1. The van der Waals surface area contributed by atoms with Gasteiger partial charge in [0.1, 0.15) is 32.4 Å². The predicted molar refractivity (Wildman–Crippen MR) is 169 cm³/mol. The summed E-state index contributed by atoms with van der Waals surface area (Å²) < 4.78 is 53.3. The van der Waals surface area contributed by atoms with Crippen LogP contribution in [0.1, 0.15) is 25.8 Å². The highest BCUT2D eigenvalue weighted by Crippen LogP contribution is 2.34. The first kappa shape index (κ1) is 30.0. The number of pyridine rings is 2. The molecule has 0 aliphatic heterocycles. The quantitative estimate of drug-likeness (QED) is 0.176. The largest absolute Gasteiger partial charge is 0.337 e. The van der Waals surface area contributed by atoms with E-state index in [-0.39, 0.29) is 29.5 Å². The average Bonchev–Trinajstić information content (AvgIpc) is 3.59. The van der Waals surface area contributed by atoms with Crippen LogP contribution in [0.4, 0.5) is 14.5 Å². The van der Waals surface area contributed by atoms with Crippen molar-refractivity contribution >= 4 is 43.4 Å². The van der Waals surface area contributed by atoms with Crippen molar-refractivity contribution in [1.29, 1.82) is 0 Å². The second kappa shape index (κ2) is 11.8. The van der Waals surface area contributed by atoms with Crippen LogP contribution < -0.4 is 5.32 Å². The molecule has 4 heterocycles. The summed E-state index contributed by atoms with van der Waals surface area (Å²) in [5.74, 6) is -0.769. The molecule has 0 unspecified atom stereocenters. The Morgan fingerprint density at radius 1 is 1.00 bits per heavy atom. The van der Waals surface area contributed by atoms with Crippen LogP contribution in [0.3, 0.4) is 0 Å². The summed E-state index contributed by atoms with van der Waals surface area (Å²) in [7, 11) is -3.23. The molecule has 3 N–H and O–H groups in total. The van der Waals surface area contributed by atoms with Crippen LogP contribution in [0.2, 0.25) is 0 Å². The molecule has 0 saturated carbocycles. The third-order valence-electron chi connectivity index (χ3n) is 7.19. The molecule has 0 aliphatic carbocycles. The Hall–Kier alpha value is -5.04. The van der Waals surface area contributed by atoms with Gasteiger partial charge in [0.25, 0.3) is 0 Å². The number of carbonyl (C=O) groups is 1. The van der Waals surface area contributed by atoms with E-state index in [2.05, 4.69) is 30.5 Å². The lowest BCUT2D eigenvalue weighted by Crippen LogP contribution is -2.13. The van der Waals surface area contributed by atoms with E-state index in [0.717, 1.165) is 6.26 Å². The van der Waals surface area contributed by atoms with E-state index in [9.17, 15) is 17.6 Å². The Balaban J connectivity index is 1.38. The Kier molecular flexibility index (Phi) is 7.87. The van der Waals surface area contributed by atoms with Gasteiger partial charge in [-0.1, -0.05) is 13.8 Å². The molecule has 0 spiro atoms. The fourth-order valence-electron chi connectivity index (χ4n) is 5.17. The number of hydrogen-bond donors (Lipinski definition) is 3. The summed E-state index contributed by atoms with van der Waals surface area (Å²) >= 11 is 0. The number of imidazole rings is 1. The highest BCUT2D eigenvalue weighted by atomic mass is 32.2. The second-order valence-electron chi connectivity index (χ2n) is 11.4. The van der Waals surface area contributed by atoms with Crippen molar-refractivity contribution in [3.05, 3.63) is 78.3 Å². The number of halogens is 2. The van der Waals surface area contributed by atoms with Gasteiger partial charge in [-0.25, -0.2) is 22.2 Å². The molecule has 10 nitrogen and oxygen atoms in total. The van der Waals surface area contributed by atoms with Crippen molar-refractivity contribution in [3.8, 4) is 33.9 Å². The number of nitrogens with one attached hydrogen (secondary N) is 3. The molecule has 0 fully saturated rings. The first-order valence-electron chi connectivity index (χ1n) is 14.2. The van der Waals surface area contributed by atoms with Crippen LogP contribution in [0.5, 0.6) is 0 Å². The van der Waals surface area contributed by atoms with E-state index in [1.165, 1.54) is 24.4 Å². The SMILES string of the molecule is CC(C)CC(=O)Nc1cncc(-c2cc(F)c3n[nH]c(-c4nc5c(-c6cc(F)cc(CCS(C)(=O)=O)c6)nccc5[nH]4)c3c2)c1. The number of amides is 1. The zero-order chi connectivity index (χ0) is 31.9. The lowest BCUT2D eigenvalue weighted by molar-refractivity contribution is -0.116. The summed E-state index contributed by atoms with van der Waals surface area (Å²) in [4.78, 5) is 28.9. The first-order chi connectivity index (χ1) is 21.4. The van der Waals surface area contributed by atoms with Gasteiger partial charge in [0.2, 0.25) is 5.91 Å². The smallest absolute Gasteiger partial charge is 0.224 e. The van der Waals surface area contributed by atoms with E-state index in [1.54, 1.807) is 36.7 Å². The molecule has 4 aromatic heterocycles. The van der Waals surface area contributed by atoms with Gasteiger partial charge in [0.05, 0.1) is 28.8 Å². The lowest BCUT2D eigenvalue weighted by atomic mass is 10.0. The highest BCUT2D eigenvalue weighted by molar-refractivity contribution is 7.90. The molecule has 230 valence electrons. The highest BCUT2D eigenvalue weighted by Gasteiger charge is 2.19. The third kappa shape index (κ3) is 6.58. The van der Waals surface area contributed by atoms with Crippen molar-refractivity contribution < 1.29 is 22.0 Å². The fourth-order valence-corrected chi connectivity index (χ4v) is 5.78. The van der Waals surface area contributed by atoms with Crippen molar-refractivity contribution in [2.75, 3.05) is 17.3 Å². The van der Waals surface area contributed by atoms with Crippen molar-refractivity contribution in [2.24, 2.45) is 5.92 Å². The number of sulfone groups is 1. The summed E-state index contributed by atoms with van der Waals surface area (Å²) in [5.41, 5.74) is 4.56. The van der Waals surface area contributed by atoms with Crippen LogP contribution in [0.15, 0.2) is 61.1 Å². The number of H-pyrrole nitrogens is 2. The maximum absolute atomic E-state index is 15.3. The Bertz CT molecular complexity index is 2190. The van der Waals surface area contributed by atoms with Crippen LogP contribution >= 0.6 is 0 Å². The van der Waals surface area contributed by atoms with Crippen LogP contribution in [0.25, 0.3) is 55.8 Å². The molecule has 0 radical (unpaired) electrons. The molecule has 45 heavy (non-hydrogen) atoms. The summed E-state index contributed by atoms with van der Waals surface area (Å²) in [5, 5.41) is 10.4. The van der Waals surface area contributed by atoms with Gasteiger partial charge in [-0.3, -0.25) is 19.9 Å². The van der Waals surface area contributed by atoms with E-state index < -0.39 is 21.5 Å². The molecule has 1 amide bonds. The predicted octanol–water partition coefficient (Wildman–Crippen LogP) is 6.08. The lowest BCUT2D eigenvalue weighted by Gasteiger charge is -2.09. The summed E-state index contributed by atoms with van der Waals surface area (Å²) in [6.07, 6.45) is 6.33. The van der Waals surface area contributed by atoms with Gasteiger partial charge in [-0.15, -0.1) is 0 Å². The molecule has 0 atom stereocenters. The topological polar surface area (TPSA) is 146 Å². The number of hydrogen-bond acceptors (Lipinski definition) is 7. The fraction of sp³-hybridized carbons (Fsp3) is 0.219. The third-order valence-corrected chi connectivity index (χ3v) is 8.14. The number of fused-ring (bicyclic) bond motifs is 2. The Labute approximate surface area is 257 Å². The number of aromatic amines is 2. The minimum Gasteiger partial charge on any atom is -0.337 e. The van der Waals surface area contributed by atoms with Gasteiger partial charge < -0.3 is 10.3 Å². The molecular weight excluding hydrogens is 600 g/mol. The summed E-state index contributed by atoms with van der Waals surface area (Å²) in [6.45, 7) is 3.91. The molecule has 2 aromatic carbocycles. The number of carbonyl (C=O) groups excluding carboxylic acids is 1. The average molecular weight is 630 g/mol. The monoisotopic (exact) mass is 629 g/mol. The van der Waals surface area contributed by atoms with Gasteiger partial charge in [0.15, 0.2) is 11.6 Å². The number of rotatable bonds is 9. The number of nitrogens with zero attached hydrogens (tertiary/aromatic N) is 4. The molecule has 13 heteroatoms. The number of aryl methyl sites for hydroxylation is 1. The Morgan fingerprint density at radius 2 is 1.82 bits per heavy atom. The maximum atomic E-state index is 15.3. The van der Waals surface area contributed by atoms with E-state index >= 15 is 4.39 Å². The summed E-state index contributed by atoms with van der Waals surface area (Å²) in [6, 6.07) is 10.9. The van der Waals surface area contributed by atoms with Gasteiger partial charge in [-0.05, 0) is 65.9 Å². The van der Waals surface area contributed by atoms with Crippen LogP contribution in [0, 0.1) is 17.6 Å². The van der Waals surface area contributed by atoms with E-state index in [1.807, 2.05) is 13.8 Å². The normalized spacial score (nSPS) is 12.0. The van der Waals surface area contributed by atoms with Crippen molar-refractivity contribution in [2.45, 2.75) is 26.7 Å². The molecule has 6 rings (SSSR count). The van der Waals surface area contributed by atoms with Crippen molar-refractivity contribution in [1.82, 2.24) is 30.1 Å². The number of aromatic nitrogens is 6. The van der Waals surface area contributed by atoms with Crippen LogP contribution in [-0.2, 0) is 21.1 Å². The molecular formula is C32H29F2N7O3S. The van der Waals surface area contributed by atoms with Crippen molar-refractivity contribution in [3.63, 3.8) is 0 Å². The van der Waals surface area contributed by atoms with Gasteiger partial charge >= 0.3 is 0 Å². The maximum Gasteiger partial charge on any atom is 0.224 e. The number of benzene rings is 2. The second-order valence-corrected chi connectivity index (χ2v) is 13.7. The van der Waals surface area contributed by atoms with E-state index in [0.29, 0.717) is 68.0 Å². The minimum atomic E-state index is -3.23. The molecule has 0 bridgehead atoms. The zero-order valence-corrected chi connectivity index (χ0v) is 25.5. The van der Waals surface area contributed by atoms with Gasteiger partial charge in [-0.2, -0.15) is 5.10 Å². The van der Waals surface area contributed by atoms with Crippen LogP contribution in [-0.4, -0.2) is 56.5 Å². The molecule has 0 saturated heterocycles. The zero-order valence-electron chi connectivity index (χ0n) is 24.6. The molecule has 0 aliphatic rings. The minimum absolute atomic E-state index is 0.112. The molecule has 6 aromatic rings. The Morgan fingerprint density at radius 3 is 2.60 bits per heavy atom. The standard InChI is InChI=1S/C32H29F2N7O3S/c1-17(2)8-27(42)37-23-12-21(15-35-16-23)19-13-24-29(25(34)14-19)40-41-30(24)32-38-26-4-6-36-28(31(26)39-32)20-9-18(10-22(33)11-20)5-7-45(3,43)44/h4,6,9-17H,5,7-8H2,1-3H3,(H,37,42)(H,38,39)(H,40,41).